The Morgan fingerprint density at radius 1 is 0.679 bits per heavy atom. The fourth-order valence-corrected chi connectivity index (χ4v) is 11.2. The van der Waals surface area contributed by atoms with Crippen LogP contribution in [0.2, 0.25) is 0 Å². The summed E-state index contributed by atoms with van der Waals surface area (Å²) in [5.74, 6) is -5.74. The number of halogens is 4. The first-order chi connectivity index (χ1) is 26.3. The number of rotatable bonds is 15. The molecule has 4 aliphatic rings. The molecule has 310 valence electrons. The Morgan fingerprint density at radius 2 is 1.05 bits per heavy atom. The van der Waals surface area contributed by atoms with E-state index < -0.39 is 91.4 Å². The van der Waals surface area contributed by atoms with Crippen LogP contribution >= 0.6 is 0 Å². The zero-order valence-corrected chi connectivity index (χ0v) is 32.7. The number of unbranched alkanes of at least 4 members (excludes halogenated alkanes) is 1. The van der Waals surface area contributed by atoms with Crippen molar-refractivity contribution in [1.29, 1.82) is 0 Å². The van der Waals surface area contributed by atoms with Crippen LogP contribution in [0.3, 0.4) is 0 Å². The van der Waals surface area contributed by atoms with Crippen molar-refractivity contribution in [2.45, 2.75) is 74.8 Å². The second-order valence-corrected chi connectivity index (χ2v) is 19.1. The van der Waals surface area contributed by atoms with Crippen molar-refractivity contribution in [3.63, 3.8) is 0 Å². The SMILES string of the molecule is CS(=O)(=O)N1C[C@H](COc2ccc(F)c(F)c2)[C@@H]2[C@H]1CCN2C(=O)C(N)CCCC[C@H](N)C(=O)N1CC[C@@H]2[C@H]1[C@@H](COc1ccc(F)c(F)c1)CN2S(C)(=O)=O. The van der Waals surface area contributed by atoms with Gasteiger partial charge in [0.15, 0.2) is 23.3 Å². The van der Waals surface area contributed by atoms with Crippen molar-refractivity contribution in [2.75, 3.05) is 51.9 Å². The van der Waals surface area contributed by atoms with Gasteiger partial charge in [-0.05, 0) is 49.9 Å². The summed E-state index contributed by atoms with van der Waals surface area (Å²) < 4.78 is 119. The molecule has 0 bridgehead atoms. The Hall–Kier alpha value is -3.56. The molecule has 2 amide bonds. The molecule has 0 aliphatic carbocycles. The number of ether oxygens (including phenoxy) is 2. The van der Waals surface area contributed by atoms with Gasteiger partial charge in [0, 0.05) is 62.2 Å². The molecule has 2 aromatic carbocycles. The number of likely N-dealkylation sites (tertiary alicyclic amines) is 2. The van der Waals surface area contributed by atoms with E-state index in [1.54, 1.807) is 9.80 Å². The van der Waals surface area contributed by atoms with E-state index in [2.05, 4.69) is 0 Å². The van der Waals surface area contributed by atoms with E-state index in [0.29, 0.717) is 25.7 Å². The van der Waals surface area contributed by atoms with Crippen LogP contribution in [0.5, 0.6) is 11.5 Å². The minimum absolute atomic E-state index is 0.0455. The fraction of sp³-hybridized carbons (Fsp3) is 0.611. The van der Waals surface area contributed by atoms with Crippen LogP contribution in [0.4, 0.5) is 17.6 Å². The highest BCUT2D eigenvalue weighted by molar-refractivity contribution is 7.88. The summed E-state index contributed by atoms with van der Waals surface area (Å²) in [4.78, 5) is 30.6. The van der Waals surface area contributed by atoms with Gasteiger partial charge in [0.05, 0.1) is 49.9 Å². The topological polar surface area (TPSA) is 186 Å². The summed E-state index contributed by atoms with van der Waals surface area (Å²) in [7, 11) is -7.26. The zero-order chi connectivity index (χ0) is 40.7. The molecule has 0 spiro atoms. The number of fused-ring (bicyclic) bond motifs is 2. The normalized spacial score (nSPS) is 26.6. The maximum Gasteiger partial charge on any atom is 0.239 e. The average Bonchev–Trinajstić information content (AvgIpc) is 3.91. The van der Waals surface area contributed by atoms with E-state index in [1.807, 2.05) is 0 Å². The summed E-state index contributed by atoms with van der Waals surface area (Å²) >= 11 is 0. The first-order valence-corrected chi connectivity index (χ1v) is 22.3. The molecule has 4 heterocycles. The lowest BCUT2D eigenvalue weighted by atomic mass is 9.98. The molecule has 56 heavy (non-hydrogen) atoms. The summed E-state index contributed by atoms with van der Waals surface area (Å²) in [5, 5.41) is 0. The molecule has 2 aromatic rings. The van der Waals surface area contributed by atoms with Crippen LogP contribution in [0, 0.1) is 35.1 Å². The summed E-state index contributed by atoms with van der Waals surface area (Å²) in [5.41, 5.74) is 12.8. The Morgan fingerprint density at radius 3 is 1.39 bits per heavy atom. The molecule has 4 fully saturated rings. The molecule has 4 N–H and O–H groups in total. The average molecular weight is 833 g/mol. The highest BCUT2D eigenvalue weighted by Gasteiger charge is 2.55. The van der Waals surface area contributed by atoms with Crippen LogP contribution in [0.25, 0.3) is 0 Å². The summed E-state index contributed by atoms with van der Waals surface area (Å²) in [6.45, 7) is 0.616. The summed E-state index contributed by atoms with van der Waals surface area (Å²) in [6, 6.07) is 2.30. The predicted octanol–water partition coefficient (Wildman–Crippen LogP) is 1.64. The van der Waals surface area contributed by atoms with Crippen LogP contribution < -0.4 is 20.9 Å². The van der Waals surface area contributed by atoms with Crippen molar-refractivity contribution in [2.24, 2.45) is 23.3 Å². The van der Waals surface area contributed by atoms with Crippen molar-refractivity contribution >= 4 is 31.9 Å². The van der Waals surface area contributed by atoms with Crippen LogP contribution in [-0.2, 0) is 29.6 Å². The molecule has 4 aliphatic heterocycles. The van der Waals surface area contributed by atoms with E-state index >= 15 is 0 Å². The quantitative estimate of drug-likeness (QED) is 0.198. The highest BCUT2D eigenvalue weighted by atomic mass is 32.2. The van der Waals surface area contributed by atoms with Crippen LogP contribution in [-0.4, -0.2) is 135 Å². The highest BCUT2D eigenvalue weighted by Crippen LogP contribution is 2.39. The number of nitrogens with two attached hydrogens (primary N) is 2. The first kappa shape index (κ1) is 42.1. The largest absolute Gasteiger partial charge is 0.493 e. The Kier molecular flexibility index (Phi) is 12.6. The molecule has 1 unspecified atom stereocenters. The molecule has 0 radical (unpaired) electrons. The van der Waals surface area contributed by atoms with Gasteiger partial charge in [-0.1, -0.05) is 12.8 Å². The standard InChI is InChI=1S/C36H48F4N6O8S2/c1-55(49,50)45-17-21(19-53-23-7-9-25(37)27(39)15-23)33-31(45)11-13-43(33)35(47)29(41)5-3-4-6-30(42)36(48)44-14-12-32-34(44)22(18-46(32)56(2,51)52)20-54-24-8-10-26(38)28(40)16-24/h7-10,15-16,21-22,29-34H,3-6,11-14,17-20,41-42H2,1-2H3/t21-,22-,29+,30?,31-,32-,33-,34-/m1/s1. The molecule has 4 saturated heterocycles. The van der Waals surface area contributed by atoms with E-state index in [-0.39, 0.29) is 75.5 Å². The molecular weight excluding hydrogens is 785 g/mol. The maximum absolute atomic E-state index is 13.8. The lowest BCUT2D eigenvalue weighted by Crippen LogP contribution is -2.50. The van der Waals surface area contributed by atoms with Crippen molar-refractivity contribution < 1.29 is 53.5 Å². The van der Waals surface area contributed by atoms with Gasteiger partial charge in [-0.25, -0.2) is 34.4 Å². The summed E-state index contributed by atoms with van der Waals surface area (Å²) in [6.07, 6.45) is 4.42. The lowest BCUT2D eigenvalue weighted by Gasteiger charge is -2.31. The molecule has 0 saturated carbocycles. The van der Waals surface area contributed by atoms with Gasteiger partial charge in [0.1, 0.15) is 11.5 Å². The van der Waals surface area contributed by atoms with E-state index in [1.165, 1.54) is 20.7 Å². The number of hydrogen-bond donors (Lipinski definition) is 2. The third kappa shape index (κ3) is 8.94. The number of carbonyl (C=O) groups excluding carboxylic acids is 2. The van der Waals surface area contributed by atoms with E-state index in [9.17, 15) is 44.0 Å². The monoisotopic (exact) mass is 832 g/mol. The zero-order valence-electron chi connectivity index (χ0n) is 31.1. The second-order valence-electron chi connectivity index (χ2n) is 15.2. The van der Waals surface area contributed by atoms with Gasteiger partial charge in [-0.15, -0.1) is 0 Å². The number of amides is 2. The van der Waals surface area contributed by atoms with Gasteiger partial charge in [0.25, 0.3) is 0 Å². The third-order valence-corrected chi connectivity index (χ3v) is 14.0. The van der Waals surface area contributed by atoms with Crippen molar-refractivity contribution in [1.82, 2.24) is 18.4 Å². The van der Waals surface area contributed by atoms with Gasteiger partial charge in [-0.2, -0.15) is 8.61 Å². The van der Waals surface area contributed by atoms with Gasteiger partial charge >= 0.3 is 0 Å². The Labute approximate surface area is 324 Å². The number of hydrogen-bond acceptors (Lipinski definition) is 10. The molecule has 14 nitrogen and oxygen atoms in total. The molecular formula is C36H48F4N6O8S2. The van der Waals surface area contributed by atoms with E-state index in [0.717, 1.165) is 36.8 Å². The number of nitrogens with zero attached hydrogens (tertiary/aromatic N) is 4. The van der Waals surface area contributed by atoms with Gasteiger partial charge in [0.2, 0.25) is 31.9 Å². The van der Waals surface area contributed by atoms with Crippen LogP contribution in [0.15, 0.2) is 36.4 Å². The molecule has 8 atom stereocenters. The van der Waals surface area contributed by atoms with Gasteiger partial charge in [-0.3, -0.25) is 9.59 Å². The predicted molar refractivity (Wildman–Crippen MR) is 196 cm³/mol. The van der Waals surface area contributed by atoms with E-state index in [4.69, 9.17) is 20.9 Å². The minimum atomic E-state index is -3.63. The molecule has 6 rings (SSSR count). The fourth-order valence-electron chi connectivity index (χ4n) is 8.83. The molecule has 0 aromatic heterocycles. The van der Waals surface area contributed by atoms with Crippen molar-refractivity contribution in [3.05, 3.63) is 59.7 Å². The lowest BCUT2D eigenvalue weighted by molar-refractivity contribution is -0.135. The Balaban J connectivity index is 1.02. The number of sulfonamides is 2. The molecule has 20 heteroatoms. The first-order valence-electron chi connectivity index (χ1n) is 18.6. The number of carbonyl (C=O) groups is 2. The van der Waals surface area contributed by atoms with Gasteiger partial charge < -0.3 is 30.7 Å². The number of benzene rings is 2. The Bertz CT molecular complexity index is 1870. The minimum Gasteiger partial charge on any atom is -0.493 e. The second kappa shape index (κ2) is 16.7. The van der Waals surface area contributed by atoms with Crippen molar-refractivity contribution in [3.8, 4) is 11.5 Å². The maximum atomic E-state index is 13.8. The third-order valence-electron chi connectivity index (χ3n) is 11.4. The smallest absolute Gasteiger partial charge is 0.239 e. The van der Waals surface area contributed by atoms with Crippen LogP contribution in [0.1, 0.15) is 38.5 Å².